The van der Waals surface area contributed by atoms with Gasteiger partial charge in [0, 0.05) is 36.9 Å². The summed E-state index contributed by atoms with van der Waals surface area (Å²) in [4.78, 5) is 22.1. The van der Waals surface area contributed by atoms with Crippen molar-refractivity contribution in [3.8, 4) is 0 Å². The summed E-state index contributed by atoms with van der Waals surface area (Å²) >= 11 is 0. The molecule has 1 aliphatic rings. The maximum atomic E-state index is 12.9. The van der Waals surface area contributed by atoms with Crippen LogP contribution in [0.5, 0.6) is 0 Å². The SMILES string of the molecule is Cc1nc2nc(C(F)(F)F)nn2c(C)c1CCC(=O)N1CCCC(C(C)N)C1.Cl. The number of carbonyl (C=O) groups excluding carboxylic acids is 1. The highest BCUT2D eigenvalue weighted by atomic mass is 35.5. The van der Waals surface area contributed by atoms with E-state index in [0.717, 1.165) is 29.5 Å². The van der Waals surface area contributed by atoms with Crippen molar-refractivity contribution in [2.24, 2.45) is 11.7 Å². The van der Waals surface area contributed by atoms with Crippen LogP contribution < -0.4 is 5.73 Å². The van der Waals surface area contributed by atoms with E-state index in [-0.39, 0.29) is 36.6 Å². The fourth-order valence-electron chi connectivity index (χ4n) is 3.75. The van der Waals surface area contributed by atoms with Crippen LogP contribution in [0.1, 0.15) is 49.0 Å². The number of aromatic nitrogens is 4. The van der Waals surface area contributed by atoms with Crippen molar-refractivity contribution in [3.63, 3.8) is 0 Å². The smallest absolute Gasteiger partial charge is 0.342 e. The molecular weight excluding hydrogens is 409 g/mol. The first-order chi connectivity index (χ1) is 13.1. The van der Waals surface area contributed by atoms with E-state index < -0.39 is 12.0 Å². The molecule has 0 aromatic carbocycles. The average molecular weight is 435 g/mol. The summed E-state index contributed by atoms with van der Waals surface area (Å²) in [5, 5.41) is 3.54. The van der Waals surface area contributed by atoms with Crippen molar-refractivity contribution in [2.45, 2.75) is 58.7 Å². The molecule has 0 saturated carbocycles. The second-order valence-electron chi connectivity index (χ2n) is 7.51. The molecular formula is C18H26ClF3N6O. The van der Waals surface area contributed by atoms with Crippen molar-refractivity contribution in [2.75, 3.05) is 13.1 Å². The molecule has 2 atom stereocenters. The van der Waals surface area contributed by atoms with Crippen LogP contribution in [0.4, 0.5) is 13.2 Å². The molecule has 7 nitrogen and oxygen atoms in total. The van der Waals surface area contributed by atoms with E-state index in [0.29, 0.717) is 30.3 Å². The summed E-state index contributed by atoms with van der Waals surface area (Å²) in [5.41, 5.74) is 7.78. The largest absolute Gasteiger partial charge is 0.453 e. The molecule has 1 fully saturated rings. The third kappa shape index (κ3) is 4.98. The van der Waals surface area contributed by atoms with Crippen LogP contribution >= 0.6 is 12.4 Å². The predicted molar refractivity (Wildman–Crippen MR) is 104 cm³/mol. The van der Waals surface area contributed by atoms with E-state index in [1.54, 1.807) is 13.8 Å². The van der Waals surface area contributed by atoms with Gasteiger partial charge in [-0.1, -0.05) is 0 Å². The summed E-state index contributed by atoms with van der Waals surface area (Å²) in [6.07, 6.45) is -2.02. The Morgan fingerprint density at radius 3 is 2.62 bits per heavy atom. The Morgan fingerprint density at radius 2 is 2.00 bits per heavy atom. The lowest BCUT2D eigenvalue weighted by Crippen LogP contribution is -2.45. The standard InChI is InChI=1S/C18H25F3N6O.ClH/c1-10(22)13-5-4-8-26(9-13)15(28)7-6-14-11(2)23-17-24-16(18(19,20)21)25-27(17)12(14)3;/h10,13H,4-9,22H2,1-3H3;1H. The molecule has 0 bridgehead atoms. The minimum Gasteiger partial charge on any atom is -0.342 e. The van der Waals surface area contributed by atoms with Gasteiger partial charge in [0.25, 0.3) is 11.6 Å². The normalized spacial score (nSPS) is 18.6. The number of fused-ring (bicyclic) bond motifs is 1. The van der Waals surface area contributed by atoms with Gasteiger partial charge in [0.1, 0.15) is 0 Å². The molecule has 2 aromatic heterocycles. The van der Waals surface area contributed by atoms with E-state index in [1.807, 2.05) is 11.8 Å². The lowest BCUT2D eigenvalue weighted by molar-refractivity contribution is -0.144. The van der Waals surface area contributed by atoms with Gasteiger partial charge in [-0.05, 0) is 51.5 Å². The number of hydrogen-bond donors (Lipinski definition) is 1. The minimum absolute atomic E-state index is 0. The van der Waals surface area contributed by atoms with Crippen molar-refractivity contribution < 1.29 is 18.0 Å². The van der Waals surface area contributed by atoms with Crippen LogP contribution in [0.25, 0.3) is 5.78 Å². The summed E-state index contributed by atoms with van der Waals surface area (Å²) in [7, 11) is 0. The van der Waals surface area contributed by atoms with Gasteiger partial charge in [0.05, 0.1) is 0 Å². The quantitative estimate of drug-likeness (QED) is 0.799. The molecule has 1 aliphatic heterocycles. The van der Waals surface area contributed by atoms with Gasteiger partial charge >= 0.3 is 6.18 Å². The summed E-state index contributed by atoms with van der Waals surface area (Å²) in [6.45, 7) is 6.71. The average Bonchev–Trinajstić information content (AvgIpc) is 3.06. The van der Waals surface area contributed by atoms with Crippen LogP contribution in [0.3, 0.4) is 0 Å². The number of aryl methyl sites for hydroxylation is 2. The molecule has 11 heteroatoms. The molecule has 0 spiro atoms. The molecule has 2 N–H and O–H groups in total. The summed E-state index contributed by atoms with van der Waals surface area (Å²) in [6, 6.07) is 0.0434. The molecule has 2 aromatic rings. The maximum Gasteiger partial charge on any atom is 0.453 e. The summed E-state index contributed by atoms with van der Waals surface area (Å²) < 4.78 is 39.7. The Bertz CT molecular complexity index is 883. The number of nitrogens with two attached hydrogens (primary N) is 1. The molecule has 0 aliphatic carbocycles. The van der Waals surface area contributed by atoms with E-state index in [1.165, 1.54) is 0 Å². The number of halogens is 4. The Labute approximate surface area is 173 Å². The highest BCUT2D eigenvalue weighted by Gasteiger charge is 2.37. The molecule has 3 rings (SSSR count). The monoisotopic (exact) mass is 434 g/mol. The fourth-order valence-corrected chi connectivity index (χ4v) is 3.75. The van der Waals surface area contributed by atoms with Gasteiger partial charge in [-0.3, -0.25) is 4.79 Å². The van der Waals surface area contributed by atoms with Gasteiger partial charge in [-0.25, -0.2) is 9.50 Å². The Balaban J connectivity index is 0.00000300. The molecule has 3 heterocycles. The van der Waals surface area contributed by atoms with E-state index in [9.17, 15) is 18.0 Å². The van der Waals surface area contributed by atoms with Crippen LogP contribution in [0.2, 0.25) is 0 Å². The van der Waals surface area contributed by atoms with Gasteiger partial charge < -0.3 is 10.6 Å². The van der Waals surface area contributed by atoms with Crippen LogP contribution in [0, 0.1) is 19.8 Å². The second-order valence-corrected chi connectivity index (χ2v) is 7.51. The molecule has 162 valence electrons. The van der Waals surface area contributed by atoms with Crippen LogP contribution in [-0.4, -0.2) is 49.5 Å². The van der Waals surface area contributed by atoms with Gasteiger partial charge in [-0.2, -0.15) is 18.2 Å². The van der Waals surface area contributed by atoms with E-state index in [2.05, 4.69) is 15.1 Å². The first-order valence-corrected chi connectivity index (χ1v) is 9.41. The Kier molecular flexibility index (Phi) is 7.10. The predicted octanol–water partition coefficient (Wildman–Crippen LogP) is 2.70. The zero-order valence-electron chi connectivity index (χ0n) is 16.7. The highest BCUT2D eigenvalue weighted by Crippen LogP contribution is 2.27. The molecule has 0 radical (unpaired) electrons. The minimum atomic E-state index is -4.63. The van der Waals surface area contributed by atoms with E-state index in [4.69, 9.17) is 5.73 Å². The number of rotatable bonds is 4. The van der Waals surface area contributed by atoms with Crippen molar-refractivity contribution in [1.82, 2.24) is 24.5 Å². The number of carbonyl (C=O) groups is 1. The molecule has 29 heavy (non-hydrogen) atoms. The lowest BCUT2D eigenvalue weighted by atomic mass is 9.92. The lowest BCUT2D eigenvalue weighted by Gasteiger charge is -2.34. The number of hydrogen-bond acceptors (Lipinski definition) is 5. The third-order valence-corrected chi connectivity index (χ3v) is 5.45. The maximum absolute atomic E-state index is 12.9. The number of alkyl halides is 3. The first kappa shape index (κ1) is 23.3. The Hall–Kier alpha value is -1.94. The Morgan fingerprint density at radius 1 is 1.31 bits per heavy atom. The fraction of sp³-hybridized carbons (Fsp3) is 0.667. The zero-order chi connectivity index (χ0) is 20.6. The van der Waals surface area contributed by atoms with Crippen molar-refractivity contribution in [3.05, 3.63) is 22.8 Å². The number of likely N-dealkylation sites (tertiary alicyclic amines) is 1. The van der Waals surface area contributed by atoms with Crippen molar-refractivity contribution in [1.29, 1.82) is 0 Å². The van der Waals surface area contributed by atoms with Gasteiger partial charge in [-0.15, -0.1) is 17.5 Å². The third-order valence-electron chi connectivity index (χ3n) is 5.45. The number of piperidine rings is 1. The van der Waals surface area contributed by atoms with E-state index >= 15 is 0 Å². The molecule has 1 amide bonds. The van der Waals surface area contributed by atoms with Gasteiger partial charge in [0.15, 0.2) is 0 Å². The zero-order valence-corrected chi connectivity index (χ0v) is 17.5. The van der Waals surface area contributed by atoms with Gasteiger partial charge in [0.2, 0.25) is 5.91 Å². The number of nitrogens with zero attached hydrogens (tertiary/aromatic N) is 5. The topological polar surface area (TPSA) is 89.4 Å². The van der Waals surface area contributed by atoms with Crippen LogP contribution in [0.15, 0.2) is 0 Å². The number of amides is 1. The molecule has 2 unspecified atom stereocenters. The van der Waals surface area contributed by atoms with Crippen LogP contribution in [-0.2, 0) is 17.4 Å². The van der Waals surface area contributed by atoms with Crippen molar-refractivity contribution >= 4 is 24.1 Å². The second kappa shape index (κ2) is 8.83. The first-order valence-electron chi connectivity index (χ1n) is 9.41. The summed E-state index contributed by atoms with van der Waals surface area (Å²) in [5.74, 6) is -0.979. The highest BCUT2D eigenvalue weighted by molar-refractivity contribution is 5.85. The molecule has 1 saturated heterocycles.